The number of hydrogen-bond acceptors (Lipinski definition) is 4. The van der Waals surface area contributed by atoms with Gasteiger partial charge in [0.15, 0.2) is 0 Å². The number of anilines is 1. The highest BCUT2D eigenvalue weighted by atomic mass is 32.2. The maximum Gasteiger partial charge on any atom is 0.222 e. The Morgan fingerprint density at radius 3 is 2.30 bits per heavy atom. The minimum absolute atomic E-state index is 0.0448. The molecule has 0 spiro atoms. The molecular formula is C16H25N3O3S. The number of piperazine rings is 1. The standard InChI is InChI=1S/C16H25N3O3S/c1-14(2)16(20)17-8-13-23(21,22)19-11-9-18(10-12-19)15-6-4-3-5-7-15/h3-7,14H,8-13H2,1-2H3,(H,17,20). The normalized spacial score (nSPS) is 16.6. The van der Waals surface area contributed by atoms with E-state index in [4.69, 9.17) is 0 Å². The van der Waals surface area contributed by atoms with Crippen LogP contribution in [0.25, 0.3) is 0 Å². The molecule has 0 saturated carbocycles. The fraction of sp³-hybridized carbons (Fsp3) is 0.562. The summed E-state index contributed by atoms with van der Waals surface area (Å²) in [5, 5.41) is 2.66. The number of amides is 1. The molecule has 1 aliphatic rings. The van der Waals surface area contributed by atoms with E-state index in [0.29, 0.717) is 26.2 Å². The van der Waals surface area contributed by atoms with Gasteiger partial charge in [-0.05, 0) is 12.1 Å². The molecular weight excluding hydrogens is 314 g/mol. The minimum Gasteiger partial charge on any atom is -0.369 e. The summed E-state index contributed by atoms with van der Waals surface area (Å²) in [5.41, 5.74) is 1.12. The number of hydrogen-bond donors (Lipinski definition) is 1. The minimum atomic E-state index is -3.32. The van der Waals surface area contributed by atoms with Gasteiger partial charge in [0.1, 0.15) is 0 Å². The molecule has 0 atom stereocenters. The van der Waals surface area contributed by atoms with Crippen LogP contribution in [0, 0.1) is 5.92 Å². The van der Waals surface area contributed by atoms with Gasteiger partial charge >= 0.3 is 0 Å². The zero-order chi connectivity index (χ0) is 16.9. The predicted molar refractivity (Wildman–Crippen MR) is 91.9 cm³/mol. The van der Waals surface area contributed by atoms with E-state index < -0.39 is 10.0 Å². The molecule has 7 heteroatoms. The van der Waals surface area contributed by atoms with E-state index >= 15 is 0 Å². The second kappa shape index (κ2) is 7.79. The molecule has 0 unspecified atom stereocenters. The van der Waals surface area contributed by atoms with Gasteiger partial charge in [-0.3, -0.25) is 4.79 Å². The molecule has 1 saturated heterocycles. The topological polar surface area (TPSA) is 69.7 Å². The third kappa shape index (κ3) is 4.94. The van der Waals surface area contributed by atoms with Crippen molar-refractivity contribution < 1.29 is 13.2 Å². The summed E-state index contributed by atoms with van der Waals surface area (Å²) >= 11 is 0. The van der Waals surface area contributed by atoms with Crippen LogP contribution in [0.1, 0.15) is 13.8 Å². The van der Waals surface area contributed by atoms with E-state index in [0.717, 1.165) is 5.69 Å². The number of para-hydroxylation sites is 1. The highest BCUT2D eigenvalue weighted by Crippen LogP contribution is 2.17. The molecule has 1 N–H and O–H groups in total. The van der Waals surface area contributed by atoms with E-state index in [9.17, 15) is 13.2 Å². The number of carbonyl (C=O) groups excluding carboxylic acids is 1. The van der Waals surface area contributed by atoms with E-state index in [1.54, 1.807) is 13.8 Å². The lowest BCUT2D eigenvalue weighted by atomic mass is 10.2. The molecule has 0 bridgehead atoms. The lowest BCUT2D eigenvalue weighted by Crippen LogP contribution is -2.50. The molecule has 1 fully saturated rings. The lowest BCUT2D eigenvalue weighted by Gasteiger charge is -2.35. The molecule has 6 nitrogen and oxygen atoms in total. The van der Waals surface area contributed by atoms with Crippen LogP contribution in [0.5, 0.6) is 0 Å². The summed E-state index contributed by atoms with van der Waals surface area (Å²) in [4.78, 5) is 13.7. The van der Waals surface area contributed by atoms with E-state index in [2.05, 4.69) is 10.2 Å². The molecule has 1 heterocycles. The van der Waals surface area contributed by atoms with Gasteiger partial charge < -0.3 is 10.2 Å². The zero-order valence-corrected chi connectivity index (χ0v) is 14.6. The second-order valence-electron chi connectivity index (χ2n) is 5.98. The van der Waals surface area contributed by atoms with Crippen molar-refractivity contribution in [2.45, 2.75) is 13.8 Å². The van der Waals surface area contributed by atoms with Gasteiger partial charge in [0.05, 0.1) is 5.75 Å². The van der Waals surface area contributed by atoms with Crippen molar-refractivity contribution in [2.24, 2.45) is 5.92 Å². The van der Waals surface area contributed by atoms with Crippen molar-refractivity contribution >= 4 is 21.6 Å². The molecule has 1 aromatic carbocycles. The van der Waals surface area contributed by atoms with Crippen LogP contribution in [0.3, 0.4) is 0 Å². The Morgan fingerprint density at radius 2 is 1.74 bits per heavy atom. The maximum atomic E-state index is 12.3. The van der Waals surface area contributed by atoms with Crippen LogP contribution in [-0.4, -0.2) is 57.1 Å². The van der Waals surface area contributed by atoms with Crippen molar-refractivity contribution in [3.63, 3.8) is 0 Å². The highest BCUT2D eigenvalue weighted by Gasteiger charge is 2.26. The highest BCUT2D eigenvalue weighted by molar-refractivity contribution is 7.89. The molecule has 0 aliphatic carbocycles. The van der Waals surface area contributed by atoms with Crippen LogP contribution in [-0.2, 0) is 14.8 Å². The molecule has 2 rings (SSSR count). The SMILES string of the molecule is CC(C)C(=O)NCCS(=O)(=O)N1CCN(c2ccccc2)CC1. The first kappa shape index (κ1) is 17.7. The van der Waals surface area contributed by atoms with Crippen molar-refractivity contribution in [2.75, 3.05) is 43.4 Å². The summed E-state index contributed by atoms with van der Waals surface area (Å²) < 4.78 is 26.2. The Hall–Kier alpha value is -1.60. The first-order chi connectivity index (χ1) is 10.9. The Morgan fingerprint density at radius 1 is 1.13 bits per heavy atom. The van der Waals surface area contributed by atoms with Crippen molar-refractivity contribution in [3.05, 3.63) is 30.3 Å². The third-order valence-electron chi connectivity index (χ3n) is 3.94. The van der Waals surface area contributed by atoms with E-state index in [1.165, 1.54) is 4.31 Å². The number of benzene rings is 1. The van der Waals surface area contributed by atoms with Crippen molar-refractivity contribution in [1.82, 2.24) is 9.62 Å². The summed E-state index contributed by atoms with van der Waals surface area (Å²) in [6, 6.07) is 10.00. The maximum absolute atomic E-state index is 12.3. The zero-order valence-electron chi connectivity index (χ0n) is 13.7. The molecule has 0 radical (unpaired) electrons. The van der Waals surface area contributed by atoms with Gasteiger partial charge in [-0.25, -0.2) is 8.42 Å². The Kier molecular flexibility index (Phi) is 6.01. The van der Waals surface area contributed by atoms with Gasteiger partial charge in [0, 0.05) is 44.3 Å². The summed E-state index contributed by atoms with van der Waals surface area (Å²) in [6.45, 7) is 6.06. The summed E-state index contributed by atoms with van der Waals surface area (Å²) in [5.74, 6) is -0.294. The van der Waals surface area contributed by atoms with Gasteiger partial charge in [0.2, 0.25) is 15.9 Å². The number of nitrogens with zero attached hydrogens (tertiary/aromatic N) is 2. The Bertz CT molecular complexity index is 609. The van der Waals surface area contributed by atoms with E-state index in [-0.39, 0.29) is 24.1 Å². The Labute approximate surface area is 138 Å². The number of rotatable bonds is 6. The van der Waals surface area contributed by atoms with Crippen molar-refractivity contribution in [3.8, 4) is 0 Å². The fourth-order valence-electron chi connectivity index (χ4n) is 2.50. The second-order valence-corrected chi connectivity index (χ2v) is 8.07. The van der Waals surface area contributed by atoms with Gasteiger partial charge in [-0.1, -0.05) is 32.0 Å². The molecule has 23 heavy (non-hydrogen) atoms. The fourth-order valence-corrected chi connectivity index (χ4v) is 3.84. The monoisotopic (exact) mass is 339 g/mol. The van der Waals surface area contributed by atoms with Gasteiger partial charge in [-0.15, -0.1) is 0 Å². The van der Waals surface area contributed by atoms with Crippen molar-refractivity contribution in [1.29, 1.82) is 0 Å². The first-order valence-electron chi connectivity index (χ1n) is 7.95. The van der Waals surface area contributed by atoms with Crippen LogP contribution in [0.15, 0.2) is 30.3 Å². The lowest BCUT2D eigenvalue weighted by molar-refractivity contribution is -0.123. The van der Waals surface area contributed by atoms with Gasteiger partial charge in [-0.2, -0.15) is 4.31 Å². The predicted octanol–water partition coefficient (Wildman–Crippen LogP) is 0.911. The average molecular weight is 339 g/mol. The smallest absolute Gasteiger partial charge is 0.222 e. The number of carbonyl (C=O) groups is 1. The largest absolute Gasteiger partial charge is 0.369 e. The molecule has 128 valence electrons. The van der Waals surface area contributed by atoms with Crippen LogP contribution in [0.2, 0.25) is 0 Å². The van der Waals surface area contributed by atoms with Crippen LogP contribution < -0.4 is 10.2 Å². The summed E-state index contributed by atoms with van der Waals surface area (Å²) in [7, 11) is -3.32. The molecule has 1 aromatic rings. The van der Waals surface area contributed by atoms with Gasteiger partial charge in [0.25, 0.3) is 0 Å². The first-order valence-corrected chi connectivity index (χ1v) is 9.56. The van der Waals surface area contributed by atoms with E-state index in [1.807, 2.05) is 30.3 Å². The Balaban J connectivity index is 1.82. The summed E-state index contributed by atoms with van der Waals surface area (Å²) in [6.07, 6.45) is 0. The molecule has 0 aromatic heterocycles. The number of sulfonamides is 1. The van der Waals surface area contributed by atoms with Crippen LogP contribution in [0.4, 0.5) is 5.69 Å². The molecule has 1 aliphatic heterocycles. The molecule has 1 amide bonds. The number of nitrogens with one attached hydrogen (secondary N) is 1. The third-order valence-corrected chi connectivity index (χ3v) is 5.81. The quantitative estimate of drug-likeness (QED) is 0.836. The average Bonchev–Trinajstić information content (AvgIpc) is 2.55. The van der Waals surface area contributed by atoms with Crippen LogP contribution >= 0.6 is 0 Å².